The molecule has 1 aromatic carbocycles. The van der Waals surface area contributed by atoms with Crippen LogP contribution < -0.4 is 4.74 Å². The Morgan fingerprint density at radius 2 is 1.94 bits per heavy atom. The van der Waals surface area contributed by atoms with Crippen molar-refractivity contribution in [1.29, 1.82) is 0 Å². The molecule has 0 N–H and O–H groups in total. The maximum absolute atomic E-state index is 11.4. The monoisotopic (exact) mass is 245 g/mol. The number of cyclic esters (lactones) is 1. The maximum atomic E-state index is 11.4. The number of allylic oxidation sites excluding steroid dienone is 1. The zero-order chi connectivity index (χ0) is 13.1. The van der Waals surface area contributed by atoms with Gasteiger partial charge in [-0.25, -0.2) is 9.79 Å². The first-order valence-corrected chi connectivity index (χ1v) is 5.84. The molecule has 0 amide bonds. The number of carbonyl (C=O) groups is 1. The molecular formula is C14H15NO3. The van der Waals surface area contributed by atoms with E-state index in [1.54, 1.807) is 13.0 Å². The lowest BCUT2D eigenvalue weighted by Gasteiger charge is -2.09. The molecule has 0 unspecified atom stereocenters. The highest BCUT2D eigenvalue weighted by Crippen LogP contribution is 2.19. The van der Waals surface area contributed by atoms with E-state index in [0.717, 1.165) is 11.3 Å². The summed E-state index contributed by atoms with van der Waals surface area (Å²) in [7, 11) is 0. The Labute approximate surface area is 106 Å². The molecule has 1 aromatic rings. The molecular weight excluding hydrogens is 230 g/mol. The van der Waals surface area contributed by atoms with Crippen molar-refractivity contribution in [3.05, 3.63) is 41.6 Å². The largest absolute Gasteiger partial charge is 0.491 e. The van der Waals surface area contributed by atoms with Crippen LogP contribution in [0.15, 0.2) is 41.0 Å². The maximum Gasteiger partial charge on any atom is 0.363 e. The van der Waals surface area contributed by atoms with Gasteiger partial charge in [0.15, 0.2) is 0 Å². The van der Waals surface area contributed by atoms with E-state index in [4.69, 9.17) is 9.47 Å². The van der Waals surface area contributed by atoms with E-state index in [0.29, 0.717) is 11.6 Å². The van der Waals surface area contributed by atoms with Gasteiger partial charge in [0, 0.05) is 5.56 Å². The number of ether oxygens (including phenoxy) is 2. The van der Waals surface area contributed by atoms with Crippen molar-refractivity contribution in [3.63, 3.8) is 0 Å². The fourth-order valence-electron chi connectivity index (χ4n) is 1.57. The Bertz CT molecular complexity index is 512. The highest BCUT2D eigenvalue weighted by molar-refractivity contribution is 6.11. The Kier molecular flexibility index (Phi) is 3.46. The molecule has 0 radical (unpaired) electrons. The second kappa shape index (κ2) is 5.04. The number of benzene rings is 1. The molecule has 0 atom stereocenters. The Balaban J connectivity index is 2.18. The van der Waals surface area contributed by atoms with E-state index in [2.05, 4.69) is 4.99 Å². The average molecular weight is 245 g/mol. The van der Waals surface area contributed by atoms with Gasteiger partial charge in [-0.15, -0.1) is 0 Å². The van der Waals surface area contributed by atoms with Crippen LogP contribution in [0.25, 0.3) is 0 Å². The zero-order valence-corrected chi connectivity index (χ0v) is 10.6. The van der Waals surface area contributed by atoms with Crippen molar-refractivity contribution in [2.75, 3.05) is 0 Å². The molecule has 0 bridgehead atoms. The molecule has 4 heteroatoms. The topological polar surface area (TPSA) is 47.9 Å². The first-order valence-electron chi connectivity index (χ1n) is 5.84. The van der Waals surface area contributed by atoms with Crippen LogP contribution in [0.4, 0.5) is 0 Å². The van der Waals surface area contributed by atoms with Crippen molar-refractivity contribution < 1.29 is 14.3 Å². The second-order valence-electron chi connectivity index (χ2n) is 4.17. The number of rotatable bonds is 3. The molecule has 1 aliphatic heterocycles. The predicted molar refractivity (Wildman–Crippen MR) is 68.6 cm³/mol. The number of aliphatic imine (C=N–C) groups is 1. The molecule has 4 nitrogen and oxygen atoms in total. The molecule has 0 fully saturated rings. The van der Waals surface area contributed by atoms with Crippen molar-refractivity contribution in [2.24, 2.45) is 4.99 Å². The van der Waals surface area contributed by atoms with Gasteiger partial charge >= 0.3 is 5.97 Å². The molecule has 0 spiro atoms. The fraction of sp³-hybridized carbons (Fsp3) is 0.286. The third-order valence-corrected chi connectivity index (χ3v) is 2.37. The van der Waals surface area contributed by atoms with Gasteiger partial charge in [-0.2, -0.15) is 0 Å². The Hall–Kier alpha value is -2.10. The van der Waals surface area contributed by atoms with Gasteiger partial charge in [-0.1, -0.05) is 6.08 Å². The van der Waals surface area contributed by atoms with Crippen molar-refractivity contribution in [2.45, 2.75) is 26.9 Å². The van der Waals surface area contributed by atoms with E-state index >= 15 is 0 Å². The number of carbonyl (C=O) groups excluding carboxylic acids is 1. The minimum atomic E-state index is -0.407. The SMILES string of the molecule is C/C=C1/N=C(c2ccc(OC(C)C)cc2)OC1=O. The van der Waals surface area contributed by atoms with Gasteiger partial charge in [0.1, 0.15) is 11.4 Å². The smallest absolute Gasteiger partial charge is 0.363 e. The van der Waals surface area contributed by atoms with Crippen molar-refractivity contribution in [1.82, 2.24) is 0 Å². The standard InChI is InChI=1S/C14H15NO3/c1-4-12-14(16)18-13(15-12)10-5-7-11(8-6-10)17-9(2)3/h4-9H,1-3H3/b12-4+. The van der Waals surface area contributed by atoms with E-state index in [1.807, 2.05) is 38.1 Å². The summed E-state index contributed by atoms with van der Waals surface area (Å²) in [5.41, 5.74) is 1.10. The average Bonchev–Trinajstić information content (AvgIpc) is 2.71. The first-order chi connectivity index (χ1) is 8.60. The Morgan fingerprint density at radius 1 is 1.28 bits per heavy atom. The Morgan fingerprint density at radius 3 is 2.44 bits per heavy atom. The third-order valence-electron chi connectivity index (χ3n) is 2.37. The predicted octanol–water partition coefficient (Wildman–Crippen LogP) is 2.68. The molecule has 0 saturated carbocycles. The molecule has 94 valence electrons. The lowest BCUT2D eigenvalue weighted by molar-refractivity contribution is -0.130. The normalized spacial score (nSPS) is 17.0. The molecule has 0 aliphatic carbocycles. The lowest BCUT2D eigenvalue weighted by Crippen LogP contribution is -2.07. The van der Waals surface area contributed by atoms with Gasteiger partial charge in [0.05, 0.1) is 6.10 Å². The summed E-state index contributed by atoms with van der Waals surface area (Å²) in [5, 5.41) is 0. The van der Waals surface area contributed by atoms with Gasteiger partial charge in [0.2, 0.25) is 5.90 Å². The fourth-order valence-corrected chi connectivity index (χ4v) is 1.57. The second-order valence-corrected chi connectivity index (χ2v) is 4.17. The summed E-state index contributed by atoms with van der Waals surface area (Å²) in [4.78, 5) is 15.5. The van der Waals surface area contributed by atoms with Gasteiger partial charge in [0.25, 0.3) is 0 Å². The van der Waals surface area contributed by atoms with Crippen molar-refractivity contribution >= 4 is 11.9 Å². The highest BCUT2D eigenvalue weighted by Gasteiger charge is 2.23. The van der Waals surface area contributed by atoms with Gasteiger partial charge in [-0.3, -0.25) is 0 Å². The molecule has 1 aliphatic rings. The van der Waals surface area contributed by atoms with Gasteiger partial charge < -0.3 is 9.47 Å². The minimum Gasteiger partial charge on any atom is -0.491 e. The molecule has 18 heavy (non-hydrogen) atoms. The number of hydrogen-bond donors (Lipinski definition) is 0. The summed E-state index contributed by atoms with van der Waals surface area (Å²) in [6.07, 6.45) is 1.76. The van der Waals surface area contributed by atoms with Crippen LogP contribution in [-0.4, -0.2) is 18.0 Å². The molecule has 1 heterocycles. The molecule has 0 saturated heterocycles. The first kappa shape index (κ1) is 12.4. The van der Waals surface area contributed by atoms with E-state index in [9.17, 15) is 4.79 Å². The zero-order valence-electron chi connectivity index (χ0n) is 10.6. The van der Waals surface area contributed by atoms with Crippen LogP contribution in [0.2, 0.25) is 0 Å². The van der Waals surface area contributed by atoms with Crippen LogP contribution in [0.3, 0.4) is 0 Å². The van der Waals surface area contributed by atoms with E-state index in [-0.39, 0.29) is 6.10 Å². The number of nitrogens with zero attached hydrogens (tertiary/aromatic N) is 1. The summed E-state index contributed by atoms with van der Waals surface area (Å²) < 4.78 is 10.6. The van der Waals surface area contributed by atoms with Crippen LogP contribution in [0.1, 0.15) is 26.3 Å². The minimum absolute atomic E-state index is 0.132. The van der Waals surface area contributed by atoms with Crippen LogP contribution in [-0.2, 0) is 9.53 Å². The van der Waals surface area contributed by atoms with Crippen LogP contribution >= 0.6 is 0 Å². The lowest BCUT2D eigenvalue weighted by atomic mass is 10.2. The summed E-state index contributed by atoms with van der Waals surface area (Å²) in [6.45, 7) is 5.69. The molecule has 0 aromatic heterocycles. The number of esters is 1. The number of hydrogen-bond acceptors (Lipinski definition) is 4. The summed E-state index contributed by atoms with van der Waals surface area (Å²) in [5.74, 6) is 0.712. The third kappa shape index (κ3) is 2.59. The van der Waals surface area contributed by atoms with Gasteiger partial charge in [-0.05, 0) is 45.0 Å². The van der Waals surface area contributed by atoms with E-state index in [1.165, 1.54) is 0 Å². The highest BCUT2D eigenvalue weighted by atomic mass is 16.6. The molecule has 2 rings (SSSR count). The summed E-state index contributed by atoms with van der Waals surface area (Å²) >= 11 is 0. The summed E-state index contributed by atoms with van der Waals surface area (Å²) in [6, 6.07) is 7.31. The van der Waals surface area contributed by atoms with Crippen LogP contribution in [0.5, 0.6) is 5.75 Å². The van der Waals surface area contributed by atoms with Crippen molar-refractivity contribution in [3.8, 4) is 5.75 Å². The quantitative estimate of drug-likeness (QED) is 0.607. The van der Waals surface area contributed by atoms with Crippen LogP contribution in [0, 0.1) is 0 Å². The van der Waals surface area contributed by atoms with E-state index < -0.39 is 5.97 Å².